The third kappa shape index (κ3) is 16.8. The molecule has 3 fully saturated rings. The molecule has 0 radical (unpaired) electrons. The number of aliphatic hydroxyl groups is 3. The van der Waals surface area contributed by atoms with Gasteiger partial charge in [0, 0.05) is 76.3 Å². The summed E-state index contributed by atoms with van der Waals surface area (Å²) in [5.74, 6) is -2.57. The number of carbonyl (C=O) groups excluding carboxylic acids is 4. The number of aliphatic hydroxyl groups excluding tert-OH is 2. The smallest absolute Gasteiger partial charge is 0.319 e. The Hall–Kier alpha value is -6.71. The van der Waals surface area contributed by atoms with Gasteiger partial charge in [-0.1, -0.05) is 80.9 Å². The second kappa shape index (κ2) is 30.2. The summed E-state index contributed by atoms with van der Waals surface area (Å²) < 4.78 is 46.6. The van der Waals surface area contributed by atoms with E-state index >= 15 is 4.39 Å². The van der Waals surface area contributed by atoms with Crippen LogP contribution < -0.4 is 20.3 Å². The van der Waals surface area contributed by atoms with Crippen LogP contribution in [0.1, 0.15) is 58.2 Å². The van der Waals surface area contributed by atoms with E-state index in [2.05, 4.69) is 25.5 Å². The maximum Gasteiger partial charge on any atom is 0.319 e. The van der Waals surface area contributed by atoms with Gasteiger partial charge in [0.15, 0.2) is 5.82 Å². The number of nitrogens with one attached hydrogen (secondary N) is 2. The molecule has 22 nitrogen and oxygen atoms in total. The van der Waals surface area contributed by atoms with Crippen molar-refractivity contribution in [2.45, 2.75) is 97.0 Å². The summed E-state index contributed by atoms with van der Waals surface area (Å²) in [6.45, 7) is 13.9. The third-order valence-electron chi connectivity index (χ3n) is 15.9. The lowest BCUT2D eigenvalue weighted by atomic mass is 9.85. The van der Waals surface area contributed by atoms with E-state index < -0.39 is 59.5 Å². The minimum atomic E-state index is -2.13. The quantitative estimate of drug-likeness (QED) is 0.0290. The maximum absolute atomic E-state index is 17.1. The Bertz CT molecular complexity index is 3380. The number of nitrogens with zero attached hydrogens (tertiary/aromatic N) is 7. The van der Waals surface area contributed by atoms with Gasteiger partial charge in [-0.25, -0.2) is 9.37 Å². The molecule has 3 aliphatic rings. The number of amides is 4. The zero-order chi connectivity index (χ0) is 62.6. The molecular weight excluding hydrogens is 1180 g/mol. The van der Waals surface area contributed by atoms with Crippen LogP contribution in [0, 0.1) is 18.2 Å². The monoisotopic (exact) mass is 1260 g/mol. The lowest BCUT2D eigenvalue weighted by Gasteiger charge is -2.36. The number of hydrogen-bond donors (Lipinski definition) is 6. The van der Waals surface area contributed by atoms with E-state index in [-0.39, 0.29) is 98.8 Å². The van der Waals surface area contributed by atoms with E-state index in [0.717, 1.165) is 47.6 Å². The van der Waals surface area contributed by atoms with Crippen molar-refractivity contribution in [2.24, 2.45) is 5.41 Å². The summed E-state index contributed by atoms with van der Waals surface area (Å²) in [6.07, 6.45) is -1.15. The average Bonchev–Trinajstić information content (AvgIpc) is 1.63. The topological polar surface area (TPSA) is 271 Å². The van der Waals surface area contributed by atoms with Crippen molar-refractivity contribution in [3.8, 4) is 33.3 Å². The highest BCUT2D eigenvalue weighted by atomic mass is 35.5. The summed E-state index contributed by atoms with van der Waals surface area (Å²) in [5.41, 5.74) is 4.61. The first-order valence-electron chi connectivity index (χ1n) is 29.8. The second-order valence-electron chi connectivity index (χ2n) is 23.5. The van der Waals surface area contributed by atoms with Crippen molar-refractivity contribution in [1.82, 2.24) is 40.3 Å². The molecule has 6 N–H and O–H groups in total. The van der Waals surface area contributed by atoms with Crippen LogP contribution in [0.5, 0.6) is 11.8 Å². The summed E-state index contributed by atoms with van der Waals surface area (Å²) >= 11 is 8.49. The van der Waals surface area contributed by atoms with E-state index in [0.29, 0.717) is 73.5 Å². The van der Waals surface area contributed by atoms with Crippen LogP contribution >= 0.6 is 22.9 Å². The number of aryl methyl sites for hydroxylation is 1. The standard InChI is InChI=1S/C63H79ClFN9O13S/c1-38(87-62-69-54-48(57(70-62)72-20-22-73(23-21-72)60(80)61(81)82)33-49(64)52(53(54)65)47-31-43(75)30-42-8-6-7-9-46(42)47)34-71-18-15-45(16-19-71)86-29-28-84-25-24-83-26-27-85-36-51(77)68-56(63(3,4)5)59(79)74-35-44(76)32-50(74)58(78)66-17-14-40-10-12-41(13-11-40)55-39(2)67-37-88-55/h6-13,30-31,33,37-38,44-45,50,56,61,75-76,81-82H,14-29,32,34-36H2,1-5H3,(H,66,78)(H,68,77)/t38-,44?,50?,56-/m1/s1. The molecule has 3 saturated heterocycles. The summed E-state index contributed by atoms with van der Waals surface area (Å²) in [4.78, 5) is 74.6. The number of β-amino-alcohol motifs (C(OH)–C–C–N with tert-alkyl or cyclic N) is 1. The molecule has 2 aromatic heterocycles. The minimum absolute atomic E-state index is 0.0270. The van der Waals surface area contributed by atoms with E-state index in [9.17, 15) is 39.6 Å². The van der Waals surface area contributed by atoms with Gasteiger partial charge in [-0.3, -0.25) is 24.1 Å². The van der Waals surface area contributed by atoms with Gasteiger partial charge in [-0.2, -0.15) is 9.97 Å². The minimum Gasteiger partial charge on any atom is -0.508 e. The van der Waals surface area contributed by atoms with Crippen LogP contribution in [0.4, 0.5) is 10.2 Å². The fraction of sp³-hybridized carbons (Fsp3) is 0.508. The number of anilines is 1. The van der Waals surface area contributed by atoms with E-state index in [1.165, 1.54) is 15.9 Å². The summed E-state index contributed by atoms with van der Waals surface area (Å²) in [6, 6.07) is 18.1. The zero-order valence-corrected chi connectivity index (χ0v) is 51.9. The van der Waals surface area contributed by atoms with E-state index in [1.54, 1.807) is 23.5 Å². The number of phenols is 1. The lowest BCUT2D eigenvalue weighted by molar-refractivity contribution is -0.159. The first-order valence-corrected chi connectivity index (χ1v) is 31.1. The fourth-order valence-corrected chi connectivity index (χ4v) is 12.5. The van der Waals surface area contributed by atoms with Gasteiger partial charge in [-0.15, -0.1) is 11.3 Å². The highest BCUT2D eigenvalue weighted by Gasteiger charge is 2.44. The van der Waals surface area contributed by atoms with Crippen LogP contribution in [0.15, 0.2) is 72.2 Å². The van der Waals surface area contributed by atoms with Crippen molar-refractivity contribution >= 4 is 74.1 Å². The molecule has 25 heteroatoms. The molecule has 9 rings (SSSR count). The first-order chi connectivity index (χ1) is 42.2. The Kier molecular flexibility index (Phi) is 22.6. The number of aromatic hydroxyl groups is 1. The van der Waals surface area contributed by atoms with Crippen molar-refractivity contribution in [3.63, 3.8) is 0 Å². The van der Waals surface area contributed by atoms with Crippen LogP contribution in [0.2, 0.25) is 5.02 Å². The predicted molar refractivity (Wildman–Crippen MR) is 331 cm³/mol. The Morgan fingerprint density at radius 1 is 0.864 bits per heavy atom. The SMILES string of the molecule is Cc1ncsc1-c1ccc(CCNC(=O)C2CC(O)CN2C(=O)[C@@H](NC(=O)COCCOCCOCCOC2CCN(C[C@@H](C)Oc3nc(N4CCN(C(=O)C(O)O)CC4)c4cc(Cl)c(-c5cc(O)cc6ccccc56)c(F)c4n3)CC2)C(C)(C)C)cc1. The molecule has 2 unspecified atom stereocenters. The highest BCUT2D eigenvalue weighted by Crippen LogP contribution is 2.43. The zero-order valence-electron chi connectivity index (χ0n) is 50.3. The third-order valence-corrected chi connectivity index (χ3v) is 17.2. The molecule has 0 saturated carbocycles. The van der Waals surface area contributed by atoms with Crippen molar-refractivity contribution in [2.75, 3.05) is 110 Å². The molecule has 6 aromatic rings. The molecule has 5 heterocycles. The Morgan fingerprint density at radius 2 is 1.56 bits per heavy atom. The van der Waals surface area contributed by atoms with Gasteiger partial charge in [-0.05, 0) is 84.2 Å². The summed E-state index contributed by atoms with van der Waals surface area (Å²) in [7, 11) is 0. The number of halogens is 2. The number of likely N-dealkylation sites (tertiary alicyclic amines) is 2. The van der Waals surface area contributed by atoms with Crippen molar-refractivity contribution < 1.29 is 67.7 Å². The number of benzene rings is 4. The molecule has 4 atom stereocenters. The largest absolute Gasteiger partial charge is 0.508 e. The number of phenolic OH excluding ortho intramolecular Hbond substituents is 1. The van der Waals surface area contributed by atoms with E-state index in [4.69, 9.17) is 40.3 Å². The predicted octanol–water partition coefficient (Wildman–Crippen LogP) is 5.49. The number of fused-ring (bicyclic) bond motifs is 2. The number of thiazole rings is 1. The first kappa shape index (κ1) is 65.7. The van der Waals surface area contributed by atoms with Crippen LogP contribution in [0.3, 0.4) is 0 Å². The number of aromatic nitrogens is 3. The molecular formula is C63H79ClFN9O13S. The highest BCUT2D eigenvalue weighted by molar-refractivity contribution is 7.13. The van der Waals surface area contributed by atoms with Crippen LogP contribution in [-0.4, -0.2) is 216 Å². The molecule has 4 aromatic carbocycles. The number of rotatable bonds is 26. The van der Waals surface area contributed by atoms with Crippen molar-refractivity contribution in [3.05, 3.63) is 94.3 Å². The maximum atomic E-state index is 17.1. The van der Waals surface area contributed by atoms with Gasteiger partial charge < -0.3 is 69.4 Å². The van der Waals surface area contributed by atoms with Gasteiger partial charge >= 0.3 is 6.01 Å². The second-order valence-corrected chi connectivity index (χ2v) is 24.8. The molecule has 4 amide bonds. The molecule has 0 spiro atoms. The van der Waals surface area contributed by atoms with Gasteiger partial charge in [0.25, 0.3) is 5.91 Å². The fourth-order valence-electron chi connectivity index (χ4n) is 11.4. The normalized spacial score (nSPS) is 17.7. The molecule has 0 aliphatic carbocycles. The molecule has 474 valence electrons. The number of ether oxygens (including phenoxy) is 5. The van der Waals surface area contributed by atoms with Crippen molar-refractivity contribution in [1.29, 1.82) is 0 Å². The molecule has 0 bridgehead atoms. The number of piperidine rings is 1. The van der Waals surface area contributed by atoms with Gasteiger partial charge in [0.1, 0.15) is 41.9 Å². The van der Waals surface area contributed by atoms with Gasteiger partial charge in [0.05, 0.1) is 73.0 Å². The summed E-state index contributed by atoms with van der Waals surface area (Å²) in [5, 5.41) is 47.8. The Labute approximate surface area is 519 Å². The molecule has 3 aliphatic heterocycles. The lowest BCUT2D eigenvalue weighted by Crippen LogP contribution is -2.58. The number of carbonyl (C=O) groups is 4. The molecule has 88 heavy (non-hydrogen) atoms. The number of piperazine rings is 1. The Balaban J connectivity index is 0.663. The van der Waals surface area contributed by atoms with Gasteiger partial charge in [0.2, 0.25) is 24.0 Å². The Morgan fingerprint density at radius 3 is 2.24 bits per heavy atom. The van der Waals surface area contributed by atoms with Crippen LogP contribution in [-0.2, 0) is 44.5 Å². The average molecular weight is 1260 g/mol. The van der Waals surface area contributed by atoms with E-state index in [1.807, 2.05) is 93.6 Å². The van der Waals surface area contributed by atoms with Crippen LogP contribution in [0.25, 0.3) is 43.2 Å². The number of hydrogen-bond acceptors (Lipinski definition) is 19.